The van der Waals surface area contributed by atoms with Crippen LogP contribution in [0.5, 0.6) is 0 Å². The van der Waals surface area contributed by atoms with Gasteiger partial charge in [0, 0.05) is 6.54 Å². The van der Waals surface area contributed by atoms with Crippen LogP contribution < -0.4 is 0 Å². The minimum absolute atomic E-state index is 0.0599. The molecule has 0 saturated carbocycles. The standard InChI is InChI=1S/C14H19NO4/c1-14(2,3)11(12(16)17)15(13(18)19)9-10-7-5-4-6-8-10/h4-8,11H,9H2,1-3H3,(H,16,17)(H,18,19)/t11-/m1/s1. The Bertz CT molecular complexity index is 450. The van der Waals surface area contributed by atoms with E-state index in [9.17, 15) is 19.8 Å². The monoisotopic (exact) mass is 265 g/mol. The van der Waals surface area contributed by atoms with Gasteiger partial charge < -0.3 is 10.2 Å². The first-order valence-corrected chi connectivity index (χ1v) is 6.00. The van der Waals surface area contributed by atoms with Gasteiger partial charge in [-0.05, 0) is 11.0 Å². The molecule has 5 heteroatoms. The number of carboxylic acid groups (broad SMARTS) is 2. The molecule has 19 heavy (non-hydrogen) atoms. The van der Waals surface area contributed by atoms with E-state index in [1.54, 1.807) is 45.0 Å². The first-order valence-electron chi connectivity index (χ1n) is 6.00. The van der Waals surface area contributed by atoms with Gasteiger partial charge in [-0.25, -0.2) is 9.59 Å². The smallest absolute Gasteiger partial charge is 0.408 e. The molecule has 1 amide bonds. The number of hydrogen-bond donors (Lipinski definition) is 2. The number of amides is 1. The second-order valence-electron chi connectivity index (χ2n) is 5.50. The van der Waals surface area contributed by atoms with Crippen molar-refractivity contribution < 1.29 is 19.8 Å². The summed E-state index contributed by atoms with van der Waals surface area (Å²) in [6.45, 7) is 5.20. The maximum atomic E-state index is 11.4. The fourth-order valence-electron chi connectivity index (χ4n) is 2.02. The maximum absolute atomic E-state index is 11.4. The zero-order valence-electron chi connectivity index (χ0n) is 11.3. The Morgan fingerprint density at radius 3 is 2.05 bits per heavy atom. The zero-order valence-corrected chi connectivity index (χ0v) is 11.3. The minimum Gasteiger partial charge on any atom is -0.480 e. The fraction of sp³-hybridized carbons (Fsp3) is 0.429. The summed E-state index contributed by atoms with van der Waals surface area (Å²) >= 11 is 0. The molecule has 104 valence electrons. The van der Waals surface area contributed by atoms with E-state index in [1.165, 1.54) is 0 Å². The molecule has 2 N–H and O–H groups in total. The van der Waals surface area contributed by atoms with Crippen molar-refractivity contribution >= 4 is 12.1 Å². The molecule has 1 aromatic rings. The van der Waals surface area contributed by atoms with E-state index in [0.29, 0.717) is 0 Å². The van der Waals surface area contributed by atoms with E-state index in [-0.39, 0.29) is 6.54 Å². The highest BCUT2D eigenvalue weighted by Crippen LogP contribution is 2.26. The molecule has 1 aromatic carbocycles. The van der Waals surface area contributed by atoms with Gasteiger partial charge in [-0.15, -0.1) is 0 Å². The number of carboxylic acids is 1. The van der Waals surface area contributed by atoms with Crippen molar-refractivity contribution in [1.82, 2.24) is 4.90 Å². The van der Waals surface area contributed by atoms with Crippen molar-refractivity contribution in [2.75, 3.05) is 0 Å². The summed E-state index contributed by atoms with van der Waals surface area (Å²) < 4.78 is 0. The Hall–Kier alpha value is -2.04. The maximum Gasteiger partial charge on any atom is 0.408 e. The highest BCUT2D eigenvalue weighted by atomic mass is 16.4. The van der Waals surface area contributed by atoms with Gasteiger partial charge in [0.25, 0.3) is 0 Å². The van der Waals surface area contributed by atoms with Gasteiger partial charge in [0.2, 0.25) is 0 Å². The zero-order chi connectivity index (χ0) is 14.6. The lowest BCUT2D eigenvalue weighted by molar-refractivity contribution is -0.146. The lowest BCUT2D eigenvalue weighted by atomic mass is 9.85. The lowest BCUT2D eigenvalue weighted by Gasteiger charge is -2.35. The average Bonchev–Trinajstić information content (AvgIpc) is 2.27. The summed E-state index contributed by atoms with van der Waals surface area (Å²) in [5.74, 6) is -1.13. The van der Waals surface area contributed by atoms with E-state index in [1.807, 2.05) is 6.07 Å². The molecule has 0 saturated heterocycles. The van der Waals surface area contributed by atoms with E-state index in [4.69, 9.17) is 0 Å². The van der Waals surface area contributed by atoms with E-state index in [2.05, 4.69) is 0 Å². The summed E-state index contributed by atoms with van der Waals surface area (Å²) in [6.07, 6.45) is -1.23. The highest BCUT2D eigenvalue weighted by Gasteiger charge is 2.39. The van der Waals surface area contributed by atoms with Crippen LogP contribution in [0.2, 0.25) is 0 Å². The van der Waals surface area contributed by atoms with Gasteiger partial charge in [0.05, 0.1) is 0 Å². The van der Waals surface area contributed by atoms with E-state index in [0.717, 1.165) is 10.5 Å². The van der Waals surface area contributed by atoms with E-state index >= 15 is 0 Å². The average molecular weight is 265 g/mol. The predicted molar refractivity (Wildman–Crippen MR) is 70.9 cm³/mol. The number of aliphatic carboxylic acids is 1. The highest BCUT2D eigenvalue weighted by molar-refractivity contribution is 5.80. The minimum atomic E-state index is -1.23. The van der Waals surface area contributed by atoms with Crippen molar-refractivity contribution in [1.29, 1.82) is 0 Å². The van der Waals surface area contributed by atoms with Crippen LogP contribution in [0.3, 0.4) is 0 Å². The number of rotatable bonds is 4. The van der Waals surface area contributed by atoms with Crippen molar-refractivity contribution in [3.05, 3.63) is 35.9 Å². The molecular formula is C14H19NO4. The number of hydrogen-bond acceptors (Lipinski definition) is 2. The van der Waals surface area contributed by atoms with E-state index < -0.39 is 23.5 Å². The van der Waals surface area contributed by atoms with Crippen LogP contribution in [0.25, 0.3) is 0 Å². The molecule has 0 aromatic heterocycles. The molecule has 0 radical (unpaired) electrons. The van der Waals surface area contributed by atoms with Crippen LogP contribution >= 0.6 is 0 Å². The SMILES string of the molecule is CC(C)(C)[C@@H](C(=O)O)N(Cc1ccccc1)C(=O)O. The molecule has 0 fully saturated rings. The van der Waals surface area contributed by atoms with Gasteiger partial charge >= 0.3 is 12.1 Å². The summed E-state index contributed by atoms with van der Waals surface area (Å²) in [4.78, 5) is 23.7. The molecular weight excluding hydrogens is 246 g/mol. The van der Waals surface area contributed by atoms with Crippen LogP contribution in [0.4, 0.5) is 4.79 Å². The molecule has 0 aliphatic carbocycles. The third-order valence-corrected chi connectivity index (χ3v) is 2.81. The summed E-state index contributed by atoms with van der Waals surface area (Å²) in [5, 5.41) is 18.6. The third-order valence-electron chi connectivity index (χ3n) is 2.81. The van der Waals surface area contributed by atoms with Crippen LogP contribution in [0.1, 0.15) is 26.3 Å². The number of nitrogens with zero attached hydrogens (tertiary/aromatic N) is 1. The molecule has 0 bridgehead atoms. The Morgan fingerprint density at radius 2 is 1.68 bits per heavy atom. The van der Waals surface area contributed by atoms with Crippen molar-refractivity contribution in [3.63, 3.8) is 0 Å². The Balaban J connectivity index is 3.06. The first-order chi connectivity index (χ1) is 8.73. The Labute approximate surface area is 112 Å². The van der Waals surface area contributed by atoms with Gasteiger partial charge in [0.15, 0.2) is 0 Å². The Kier molecular flexibility index (Phi) is 4.53. The van der Waals surface area contributed by atoms with Gasteiger partial charge in [-0.3, -0.25) is 4.90 Å². The molecule has 0 aliphatic heterocycles. The predicted octanol–water partition coefficient (Wildman–Crippen LogP) is 2.67. The quantitative estimate of drug-likeness (QED) is 0.877. The van der Waals surface area contributed by atoms with Crippen molar-refractivity contribution in [3.8, 4) is 0 Å². The van der Waals surface area contributed by atoms with Crippen LogP contribution in [0.15, 0.2) is 30.3 Å². The molecule has 0 aliphatic rings. The molecule has 1 rings (SSSR count). The summed E-state index contributed by atoms with van der Waals surface area (Å²) in [5.41, 5.74) is 0.0827. The largest absolute Gasteiger partial charge is 0.480 e. The lowest BCUT2D eigenvalue weighted by Crippen LogP contribution is -2.51. The fourth-order valence-corrected chi connectivity index (χ4v) is 2.02. The van der Waals surface area contributed by atoms with Crippen LogP contribution in [-0.2, 0) is 11.3 Å². The molecule has 5 nitrogen and oxygen atoms in total. The van der Waals surface area contributed by atoms with Crippen molar-refractivity contribution in [2.45, 2.75) is 33.4 Å². The second-order valence-corrected chi connectivity index (χ2v) is 5.50. The third kappa shape index (κ3) is 3.98. The normalized spacial score (nSPS) is 12.8. The van der Waals surface area contributed by atoms with Crippen LogP contribution in [-0.4, -0.2) is 33.2 Å². The van der Waals surface area contributed by atoms with Gasteiger partial charge in [-0.1, -0.05) is 51.1 Å². The van der Waals surface area contributed by atoms with Gasteiger partial charge in [-0.2, -0.15) is 0 Å². The van der Waals surface area contributed by atoms with Crippen molar-refractivity contribution in [2.24, 2.45) is 5.41 Å². The number of benzene rings is 1. The summed E-state index contributed by atoms with van der Waals surface area (Å²) in [6, 6.07) is 7.87. The molecule has 0 heterocycles. The number of carbonyl (C=O) groups is 2. The summed E-state index contributed by atoms with van der Waals surface area (Å²) in [7, 11) is 0. The molecule has 0 unspecified atom stereocenters. The molecule has 0 spiro atoms. The second kappa shape index (κ2) is 5.73. The topological polar surface area (TPSA) is 77.8 Å². The Morgan fingerprint density at radius 1 is 1.16 bits per heavy atom. The molecule has 1 atom stereocenters. The first kappa shape index (κ1) is 15.0. The van der Waals surface area contributed by atoms with Gasteiger partial charge in [0.1, 0.15) is 6.04 Å². The van der Waals surface area contributed by atoms with Crippen LogP contribution in [0, 0.1) is 5.41 Å².